The van der Waals surface area contributed by atoms with Gasteiger partial charge in [0, 0.05) is 109 Å². The summed E-state index contributed by atoms with van der Waals surface area (Å²) in [5, 5.41) is 15.3. The van der Waals surface area contributed by atoms with E-state index in [1.807, 2.05) is 0 Å². The Kier molecular flexibility index (Phi) is 36.8. The number of nitrogens with zero attached hydrogens (tertiary/aromatic N) is 5. The Morgan fingerprint density at radius 2 is 0.640 bits per heavy atom. The largest absolute Gasteiger partial charge is 0.326 e. The molecule has 0 spiro atoms. The molecule has 6 aromatic carbocycles. The quantitative estimate of drug-likeness (QED) is 0.0474. The molecule has 11 rings (SSSR count). The van der Waals surface area contributed by atoms with Crippen LogP contribution in [-0.2, 0) is 74.1 Å². The van der Waals surface area contributed by atoms with Gasteiger partial charge in [-0.2, -0.15) is 4.31 Å². The van der Waals surface area contributed by atoms with Gasteiger partial charge in [-0.3, -0.25) is 24.0 Å². The highest BCUT2D eigenvalue weighted by Gasteiger charge is 2.37. The summed E-state index contributed by atoms with van der Waals surface area (Å²) in [5.41, 5.74) is 2.24. The number of nitrogens with one attached hydrogen (secondary N) is 5. The second kappa shape index (κ2) is 43.9. The van der Waals surface area contributed by atoms with Crippen molar-refractivity contribution in [2.24, 2.45) is 29.6 Å². The molecule has 0 bridgehead atoms. The van der Waals surface area contributed by atoms with Crippen LogP contribution in [0.4, 0.5) is 41.6 Å². The van der Waals surface area contributed by atoms with Crippen LogP contribution in [-0.4, -0.2) is 182 Å². The maximum atomic E-state index is 13.5. The van der Waals surface area contributed by atoms with Crippen LogP contribution < -0.4 is 26.6 Å². The van der Waals surface area contributed by atoms with Gasteiger partial charge in [0.25, 0.3) is 0 Å². The summed E-state index contributed by atoms with van der Waals surface area (Å²) in [7, 11) is -16.7. The molecule has 40 heteroatoms. The number of anilines is 5. The predicted molar refractivity (Wildman–Crippen MR) is 449 cm³/mol. The number of sulfonamides is 5. The van der Waals surface area contributed by atoms with Gasteiger partial charge < -0.3 is 26.6 Å². The van der Waals surface area contributed by atoms with Gasteiger partial charge in [0.15, 0.2) is 11.6 Å². The molecular formula is C74H90Br2Cl5F3N10O15S5. The van der Waals surface area contributed by atoms with Crippen molar-refractivity contribution in [1.82, 2.24) is 21.5 Å². The van der Waals surface area contributed by atoms with E-state index in [0.29, 0.717) is 144 Å². The molecule has 0 aliphatic carbocycles. The van der Waals surface area contributed by atoms with Crippen LogP contribution in [0, 0.1) is 47.0 Å². The van der Waals surface area contributed by atoms with Gasteiger partial charge >= 0.3 is 0 Å². The first kappa shape index (κ1) is 95.6. The van der Waals surface area contributed by atoms with Crippen molar-refractivity contribution in [2.75, 3.05) is 115 Å². The molecule has 5 N–H and O–H groups in total. The van der Waals surface area contributed by atoms with Crippen LogP contribution in [0.15, 0.2) is 135 Å². The molecule has 114 heavy (non-hydrogen) atoms. The summed E-state index contributed by atoms with van der Waals surface area (Å²) in [6.07, 6.45) is 6.42. The van der Waals surface area contributed by atoms with Crippen molar-refractivity contribution in [1.29, 1.82) is 0 Å². The maximum absolute atomic E-state index is 13.5. The fraction of sp³-hybridized carbons (Fsp3) is 0.446. The Morgan fingerprint density at radius 1 is 0.342 bits per heavy atom. The number of rotatable bonds is 20. The van der Waals surface area contributed by atoms with E-state index in [2.05, 4.69) is 58.4 Å². The Hall–Kier alpha value is -5.58. The maximum Gasteiger partial charge on any atom is 0.243 e. The molecule has 0 aromatic heterocycles. The first-order valence-corrected chi connectivity index (χ1v) is 47.8. The molecule has 6 aromatic rings. The van der Waals surface area contributed by atoms with Gasteiger partial charge in [-0.15, -0.1) is 0 Å². The molecule has 5 amide bonds. The van der Waals surface area contributed by atoms with Gasteiger partial charge in [-0.05, 0) is 221 Å². The van der Waals surface area contributed by atoms with Crippen molar-refractivity contribution in [2.45, 2.75) is 96.8 Å². The van der Waals surface area contributed by atoms with E-state index in [-0.39, 0.29) is 119 Å². The lowest BCUT2D eigenvalue weighted by atomic mass is 9.98. The molecule has 5 aliphatic rings. The van der Waals surface area contributed by atoms with Gasteiger partial charge in [-0.1, -0.05) is 76.2 Å². The lowest BCUT2D eigenvalue weighted by molar-refractivity contribution is -0.121. The standard InChI is InChI=1S/C18H18ClFN2O3S.2C14H18BrClN2O3S.C14H18Cl2N2O3S.C14H18F2N2O3S/c19-16-9-8-14(11-17(16)20)21-18(23)13-5-4-10-22(12-13)26(24,25)15-6-2-1-3-7-15;1-2-22(20,21)18-7-3-4-10(9-18)14(19)17-11-5-6-13(16)12(15)8-11;3*1-2-22(20,21)18-7-3-4-10(9-18)14(19)17-11-5-6-12(15)13(16)8-11/h1-3,6-9,11,13H,4-5,10,12H2,(H,21,23);4*5-6,8,10H,2-4,7,9H2,1H3,(H,17,19). The molecule has 5 aliphatic heterocycles. The molecule has 0 radical (unpaired) electrons. The predicted octanol–water partition coefficient (Wildman–Crippen LogP) is 14.7. The second-order valence-electron chi connectivity index (χ2n) is 27.0. The Balaban J connectivity index is 0.000000198. The lowest BCUT2D eigenvalue weighted by Crippen LogP contribution is -2.44. The third-order valence-electron chi connectivity index (χ3n) is 19.1. The highest BCUT2D eigenvalue weighted by molar-refractivity contribution is 9.11. The van der Waals surface area contributed by atoms with E-state index in [0.717, 1.165) is 22.7 Å². The number of halogens is 10. The van der Waals surface area contributed by atoms with Gasteiger partial charge in [0.1, 0.15) is 5.82 Å². The Bertz CT molecular complexity index is 4530. The van der Waals surface area contributed by atoms with Crippen molar-refractivity contribution in [3.8, 4) is 0 Å². The fourth-order valence-electron chi connectivity index (χ4n) is 12.6. The van der Waals surface area contributed by atoms with E-state index in [4.69, 9.17) is 58.0 Å². The Morgan fingerprint density at radius 3 is 0.974 bits per heavy atom. The molecule has 5 fully saturated rings. The average molecular weight is 1910 g/mol. The molecule has 25 nitrogen and oxygen atoms in total. The van der Waals surface area contributed by atoms with Crippen molar-refractivity contribution >= 4 is 198 Å². The third-order valence-corrected chi connectivity index (χ3v) is 31.9. The van der Waals surface area contributed by atoms with Gasteiger partial charge in [-0.25, -0.2) is 72.5 Å². The average Bonchev–Trinajstić information content (AvgIpc) is 0.791. The second-order valence-corrected chi connectivity index (χ2v) is 41.7. The third kappa shape index (κ3) is 28.0. The molecule has 5 unspecified atom stereocenters. The zero-order valence-electron chi connectivity index (χ0n) is 62.6. The SMILES string of the molecule is CCS(=O)(=O)N1CCCC(C(=O)Nc2ccc(Br)c(Cl)c2)C1.CCS(=O)(=O)N1CCCC(C(=O)Nc2ccc(Cl)c(Br)c2)C1.CCS(=O)(=O)N1CCCC(C(=O)Nc2ccc(Cl)c(Cl)c2)C1.CCS(=O)(=O)N1CCCC(C(=O)Nc2ccc(F)c(F)c2)C1.O=C(Nc1ccc(Cl)c(F)c1)C1CCCN(S(=O)(=O)c2ccccc2)C1. The van der Waals surface area contributed by atoms with Crippen LogP contribution in [0.3, 0.4) is 0 Å². The highest BCUT2D eigenvalue weighted by atomic mass is 79.9. The molecule has 626 valence electrons. The fourth-order valence-corrected chi connectivity index (χ4v) is 20.2. The molecule has 0 saturated carbocycles. The first-order chi connectivity index (χ1) is 53.7. The number of amides is 5. The number of carbonyl (C=O) groups excluding carboxylic acids is 5. The molecular weight excluding hydrogens is 1820 g/mol. The van der Waals surface area contributed by atoms with Gasteiger partial charge in [0.05, 0.1) is 82.6 Å². The van der Waals surface area contributed by atoms with E-state index in [9.17, 15) is 79.2 Å². The van der Waals surface area contributed by atoms with Crippen LogP contribution in [0.25, 0.3) is 0 Å². The summed E-state index contributed by atoms with van der Waals surface area (Å²) in [5.74, 6) is -5.77. The smallest absolute Gasteiger partial charge is 0.243 e. The molecule has 5 heterocycles. The number of piperidine rings is 5. The lowest BCUT2D eigenvalue weighted by Gasteiger charge is -2.31. The van der Waals surface area contributed by atoms with Crippen LogP contribution in [0.2, 0.25) is 25.1 Å². The van der Waals surface area contributed by atoms with E-state index in [1.165, 1.54) is 51.9 Å². The van der Waals surface area contributed by atoms with E-state index < -0.39 is 79.4 Å². The first-order valence-electron chi connectivity index (χ1n) is 36.5. The number of benzene rings is 6. The summed E-state index contributed by atoms with van der Waals surface area (Å²) in [4.78, 5) is 61.9. The minimum atomic E-state index is -3.64. The van der Waals surface area contributed by atoms with E-state index in [1.54, 1.807) is 100 Å². The summed E-state index contributed by atoms with van der Waals surface area (Å²) >= 11 is 35.9. The van der Waals surface area contributed by atoms with Crippen molar-refractivity contribution in [3.63, 3.8) is 0 Å². The van der Waals surface area contributed by atoms with Crippen LogP contribution in [0.1, 0.15) is 91.9 Å². The van der Waals surface area contributed by atoms with Crippen LogP contribution in [0.5, 0.6) is 0 Å². The zero-order valence-corrected chi connectivity index (χ0v) is 73.6. The molecule has 5 saturated heterocycles. The number of hydrogen-bond donors (Lipinski definition) is 5. The topological polar surface area (TPSA) is 332 Å². The number of hydrogen-bond acceptors (Lipinski definition) is 15. The van der Waals surface area contributed by atoms with Crippen LogP contribution >= 0.6 is 89.9 Å². The highest BCUT2D eigenvalue weighted by Crippen LogP contribution is 2.33. The number of carbonyl (C=O) groups is 5. The Labute approximate surface area is 706 Å². The van der Waals surface area contributed by atoms with Crippen molar-refractivity contribution < 1.29 is 79.2 Å². The minimum Gasteiger partial charge on any atom is -0.326 e. The van der Waals surface area contributed by atoms with Crippen molar-refractivity contribution in [3.05, 3.63) is 173 Å². The summed E-state index contributed by atoms with van der Waals surface area (Å²) < 4.78 is 169. The zero-order chi connectivity index (χ0) is 84.0. The van der Waals surface area contributed by atoms with Gasteiger partial charge in [0.2, 0.25) is 79.7 Å². The van der Waals surface area contributed by atoms with E-state index >= 15 is 0 Å². The summed E-state index contributed by atoms with van der Waals surface area (Å²) in [6.45, 7) is 9.56. The minimum absolute atomic E-state index is 0.00941. The monoisotopic (exact) mass is 1910 g/mol. The molecule has 5 atom stereocenters. The normalized spacial score (nSPS) is 19.5. The summed E-state index contributed by atoms with van der Waals surface area (Å²) in [6, 6.07) is 30.4.